The highest BCUT2D eigenvalue weighted by molar-refractivity contribution is 5.95. The Kier molecular flexibility index (Phi) is 3.48. The molecule has 1 aliphatic heterocycles. The fourth-order valence-corrected chi connectivity index (χ4v) is 2.31. The zero-order valence-electron chi connectivity index (χ0n) is 12.1. The number of aryl methyl sites for hydroxylation is 2. The van der Waals surface area contributed by atoms with Gasteiger partial charge in [0.25, 0.3) is 5.91 Å². The van der Waals surface area contributed by atoms with Crippen molar-refractivity contribution in [2.75, 3.05) is 17.2 Å². The number of hydrogen-bond donors (Lipinski definition) is 2. The van der Waals surface area contributed by atoms with E-state index in [0.717, 1.165) is 28.3 Å². The third-order valence-electron chi connectivity index (χ3n) is 3.38. The van der Waals surface area contributed by atoms with Gasteiger partial charge in [0.05, 0.1) is 17.1 Å². The van der Waals surface area contributed by atoms with Crippen molar-refractivity contribution < 1.29 is 9.53 Å². The van der Waals surface area contributed by atoms with Gasteiger partial charge < -0.3 is 15.4 Å². The van der Waals surface area contributed by atoms with Crippen molar-refractivity contribution in [1.82, 2.24) is 4.98 Å². The lowest BCUT2D eigenvalue weighted by Gasteiger charge is -2.19. The summed E-state index contributed by atoms with van der Waals surface area (Å²) in [5.41, 5.74) is 4.79. The second-order valence-corrected chi connectivity index (χ2v) is 5.11. The first kappa shape index (κ1) is 13.4. The first-order chi connectivity index (χ1) is 10.1. The Balaban J connectivity index is 1.73. The summed E-state index contributed by atoms with van der Waals surface area (Å²) in [7, 11) is 0. The number of rotatable bonds is 3. The van der Waals surface area contributed by atoms with Crippen LogP contribution in [0.15, 0.2) is 30.3 Å². The van der Waals surface area contributed by atoms with E-state index in [9.17, 15) is 4.79 Å². The first-order valence-electron chi connectivity index (χ1n) is 6.85. The van der Waals surface area contributed by atoms with Crippen LogP contribution in [0.5, 0.6) is 5.75 Å². The van der Waals surface area contributed by atoms with Gasteiger partial charge in [-0.05, 0) is 43.7 Å². The molecular weight excluding hydrogens is 266 g/mol. The summed E-state index contributed by atoms with van der Waals surface area (Å²) in [6.45, 7) is 4.70. The van der Waals surface area contributed by atoms with Crippen LogP contribution < -0.4 is 15.4 Å². The molecule has 0 radical (unpaired) electrons. The molecule has 0 fully saturated rings. The number of nitrogens with one attached hydrogen (secondary N) is 2. The van der Waals surface area contributed by atoms with Crippen molar-refractivity contribution in [2.24, 2.45) is 0 Å². The molecule has 1 aromatic carbocycles. The number of benzene rings is 1. The Hall–Kier alpha value is -2.56. The van der Waals surface area contributed by atoms with Gasteiger partial charge in [-0.3, -0.25) is 9.78 Å². The molecule has 21 heavy (non-hydrogen) atoms. The predicted octanol–water partition coefficient (Wildman–Crippen LogP) is 2.64. The molecule has 0 saturated carbocycles. The number of pyridine rings is 1. The van der Waals surface area contributed by atoms with Crippen molar-refractivity contribution in [1.29, 1.82) is 0 Å². The molecule has 108 valence electrons. The number of carbonyl (C=O) groups excluding carboxylic acids is 1. The van der Waals surface area contributed by atoms with Gasteiger partial charge >= 0.3 is 0 Å². The summed E-state index contributed by atoms with van der Waals surface area (Å²) in [6, 6.07) is 9.81. The lowest BCUT2D eigenvalue weighted by Crippen LogP contribution is -2.25. The van der Waals surface area contributed by atoms with Gasteiger partial charge in [0.1, 0.15) is 5.75 Å². The molecule has 0 bridgehead atoms. The molecule has 2 aromatic rings. The van der Waals surface area contributed by atoms with Gasteiger partial charge in [-0.15, -0.1) is 0 Å². The van der Waals surface area contributed by atoms with Gasteiger partial charge in [0, 0.05) is 12.2 Å². The number of carbonyl (C=O) groups is 1. The number of hydrogen-bond acceptors (Lipinski definition) is 4. The highest BCUT2D eigenvalue weighted by Gasteiger charge is 2.15. The maximum Gasteiger partial charge on any atom is 0.262 e. The molecular formula is C16H17N3O2. The van der Waals surface area contributed by atoms with E-state index in [1.165, 1.54) is 0 Å². The van der Waals surface area contributed by atoms with E-state index < -0.39 is 0 Å². The average Bonchev–Trinajstić information content (AvgIpc) is 2.46. The molecule has 0 atom stereocenters. The molecule has 1 aliphatic rings. The zero-order chi connectivity index (χ0) is 14.8. The Morgan fingerprint density at radius 2 is 2.14 bits per heavy atom. The monoisotopic (exact) mass is 283 g/mol. The normalized spacial score (nSPS) is 13.1. The molecule has 3 rings (SSSR count). The largest absolute Gasteiger partial charge is 0.482 e. The summed E-state index contributed by atoms with van der Waals surface area (Å²) in [5.74, 6) is 0.595. The van der Waals surface area contributed by atoms with Gasteiger partial charge in [-0.25, -0.2) is 0 Å². The van der Waals surface area contributed by atoms with Crippen LogP contribution >= 0.6 is 0 Å². The summed E-state index contributed by atoms with van der Waals surface area (Å²) in [4.78, 5) is 15.8. The van der Waals surface area contributed by atoms with Crippen molar-refractivity contribution in [3.05, 3.63) is 47.3 Å². The highest BCUT2D eigenvalue weighted by atomic mass is 16.5. The molecule has 2 N–H and O–H groups in total. The topological polar surface area (TPSA) is 63.2 Å². The molecule has 5 heteroatoms. The molecule has 0 aliphatic carbocycles. The Morgan fingerprint density at radius 1 is 1.29 bits per heavy atom. The lowest BCUT2D eigenvalue weighted by molar-refractivity contribution is -0.118. The van der Waals surface area contributed by atoms with Gasteiger partial charge in [0.2, 0.25) is 0 Å². The minimum Gasteiger partial charge on any atom is -0.482 e. The summed E-state index contributed by atoms with van der Waals surface area (Å²) < 4.78 is 5.34. The van der Waals surface area contributed by atoms with Gasteiger partial charge in [0.15, 0.2) is 6.61 Å². The molecule has 0 spiro atoms. The number of anilines is 2. The molecule has 5 nitrogen and oxygen atoms in total. The Bertz CT molecular complexity index is 698. The van der Waals surface area contributed by atoms with E-state index in [2.05, 4.69) is 15.6 Å². The zero-order valence-corrected chi connectivity index (χ0v) is 12.1. The fourth-order valence-electron chi connectivity index (χ4n) is 2.31. The predicted molar refractivity (Wildman–Crippen MR) is 81.6 cm³/mol. The second-order valence-electron chi connectivity index (χ2n) is 5.11. The van der Waals surface area contributed by atoms with E-state index in [1.54, 1.807) is 0 Å². The van der Waals surface area contributed by atoms with Crippen LogP contribution in [0.25, 0.3) is 0 Å². The molecule has 2 heterocycles. The third-order valence-corrected chi connectivity index (χ3v) is 3.38. The van der Waals surface area contributed by atoms with E-state index in [0.29, 0.717) is 12.3 Å². The number of aromatic nitrogens is 1. The van der Waals surface area contributed by atoms with Gasteiger partial charge in [-0.2, -0.15) is 0 Å². The van der Waals surface area contributed by atoms with E-state index in [4.69, 9.17) is 4.74 Å². The van der Waals surface area contributed by atoms with E-state index in [-0.39, 0.29) is 12.5 Å². The quantitative estimate of drug-likeness (QED) is 0.909. The van der Waals surface area contributed by atoms with Crippen LogP contribution in [0.2, 0.25) is 0 Å². The van der Waals surface area contributed by atoms with Crippen LogP contribution in [0, 0.1) is 13.8 Å². The number of nitrogens with zero attached hydrogens (tertiary/aromatic N) is 1. The fraction of sp³-hybridized carbons (Fsp3) is 0.250. The lowest BCUT2D eigenvalue weighted by atomic mass is 10.1. The van der Waals surface area contributed by atoms with Crippen LogP contribution in [0.3, 0.4) is 0 Å². The minimum absolute atomic E-state index is 0.0822. The van der Waals surface area contributed by atoms with Crippen molar-refractivity contribution in [2.45, 2.75) is 20.4 Å². The van der Waals surface area contributed by atoms with E-state index >= 15 is 0 Å². The minimum atomic E-state index is -0.119. The third kappa shape index (κ3) is 2.97. The number of ether oxygens (including phenoxy) is 1. The molecule has 1 aromatic heterocycles. The standard InChI is InChI=1S/C16H17N3O2/c1-10-3-5-13(11(2)18-10)17-8-12-4-6-15-14(7-12)19-16(20)9-21-15/h3-7,17H,8-9H2,1-2H3,(H,19,20). The van der Waals surface area contributed by atoms with Crippen molar-refractivity contribution >= 4 is 17.3 Å². The Morgan fingerprint density at radius 3 is 2.95 bits per heavy atom. The summed E-state index contributed by atoms with van der Waals surface area (Å²) >= 11 is 0. The second kappa shape index (κ2) is 5.44. The SMILES string of the molecule is Cc1ccc(NCc2ccc3c(c2)NC(=O)CO3)c(C)n1. The maximum absolute atomic E-state index is 11.3. The van der Waals surface area contributed by atoms with Crippen molar-refractivity contribution in [3.63, 3.8) is 0 Å². The molecule has 1 amide bonds. The van der Waals surface area contributed by atoms with Crippen LogP contribution in [-0.2, 0) is 11.3 Å². The summed E-state index contributed by atoms with van der Waals surface area (Å²) in [6.07, 6.45) is 0. The summed E-state index contributed by atoms with van der Waals surface area (Å²) in [5, 5.41) is 6.17. The van der Waals surface area contributed by atoms with Crippen LogP contribution in [0.1, 0.15) is 17.0 Å². The highest BCUT2D eigenvalue weighted by Crippen LogP contribution is 2.28. The number of fused-ring (bicyclic) bond motifs is 1. The first-order valence-corrected chi connectivity index (χ1v) is 6.85. The Labute approximate surface area is 123 Å². The number of amides is 1. The molecule has 0 unspecified atom stereocenters. The smallest absolute Gasteiger partial charge is 0.262 e. The average molecular weight is 283 g/mol. The van der Waals surface area contributed by atoms with Crippen molar-refractivity contribution in [3.8, 4) is 5.75 Å². The van der Waals surface area contributed by atoms with Crippen LogP contribution in [0.4, 0.5) is 11.4 Å². The van der Waals surface area contributed by atoms with E-state index in [1.807, 2.05) is 44.2 Å². The molecule has 0 saturated heterocycles. The van der Waals surface area contributed by atoms with Crippen LogP contribution in [-0.4, -0.2) is 17.5 Å². The maximum atomic E-state index is 11.3. The van der Waals surface area contributed by atoms with Gasteiger partial charge in [-0.1, -0.05) is 6.07 Å².